The lowest BCUT2D eigenvalue weighted by Gasteiger charge is -2.35. The summed E-state index contributed by atoms with van der Waals surface area (Å²) in [6.07, 6.45) is 3.38. The summed E-state index contributed by atoms with van der Waals surface area (Å²) in [7, 11) is -4.11. The lowest BCUT2D eigenvalue weighted by molar-refractivity contribution is -0.141. The zero-order valence-corrected chi connectivity index (χ0v) is 23.1. The van der Waals surface area contributed by atoms with Crippen LogP contribution >= 0.6 is 11.6 Å². The molecular weight excluding hydrogens is 550 g/mol. The van der Waals surface area contributed by atoms with E-state index in [-0.39, 0.29) is 37.8 Å². The van der Waals surface area contributed by atoms with Crippen LogP contribution in [0.3, 0.4) is 0 Å². The van der Waals surface area contributed by atoms with Gasteiger partial charge in [0.25, 0.3) is 10.1 Å². The molecule has 4 N–H and O–H groups in total. The maximum atomic E-state index is 13.4. The summed E-state index contributed by atoms with van der Waals surface area (Å²) in [4.78, 5) is 32.3. The SMILES string of the molecule is CC1=C(C(=O)OCc2ccc(OCCS(=O)(=O)O)cc2)[C@@H](c2ccc(Cl)nc2)CC(=O)N1C[C@@H]1CCCO1.N. The summed E-state index contributed by atoms with van der Waals surface area (Å²) < 4.78 is 47.1. The number of rotatable bonds is 10. The number of hydrogen-bond donors (Lipinski definition) is 2. The Labute approximate surface area is 232 Å². The molecule has 0 bridgehead atoms. The number of carbonyl (C=O) groups excluding carboxylic acids is 2. The van der Waals surface area contributed by atoms with E-state index in [1.165, 1.54) is 0 Å². The fraction of sp³-hybridized carbons (Fsp3) is 0.423. The Balaban J connectivity index is 0.00000420. The molecule has 0 saturated carbocycles. The van der Waals surface area contributed by atoms with E-state index in [0.29, 0.717) is 46.5 Å². The summed E-state index contributed by atoms with van der Waals surface area (Å²) in [6, 6.07) is 9.98. The normalized spacial score (nSPS) is 19.6. The Kier molecular flexibility index (Phi) is 10.4. The van der Waals surface area contributed by atoms with Crippen LogP contribution in [0.5, 0.6) is 5.75 Å². The fourth-order valence-electron chi connectivity index (χ4n) is 4.54. The molecule has 2 aliphatic heterocycles. The first kappa shape index (κ1) is 30.5. The second-order valence-corrected chi connectivity index (χ2v) is 11.1. The third kappa shape index (κ3) is 8.23. The van der Waals surface area contributed by atoms with Crippen molar-refractivity contribution >= 4 is 33.6 Å². The number of carbonyl (C=O) groups is 2. The Morgan fingerprint density at radius 1 is 1.23 bits per heavy atom. The van der Waals surface area contributed by atoms with Crippen LogP contribution in [0.2, 0.25) is 5.15 Å². The van der Waals surface area contributed by atoms with Crippen molar-refractivity contribution in [3.63, 3.8) is 0 Å². The van der Waals surface area contributed by atoms with Crippen LogP contribution in [0.25, 0.3) is 0 Å². The van der Waals surface area contributed by atoms with Crippen LogP contribution in [-0.4, -0.2) is 66.3 Å². The van der Waals surface area contributed by atoms with Gasteiger partial charge in [0.2, 0.25) is 5.91 Å². The minimum absolute atomic E-state index is 0. The fourth-order valence-corrected chi connectivity index (χ4v) is 4.95. The Hall–Kier alpha value is -3.03. The van der Waals surface area contributed by atoms with Gasteiger partial charge in [-0.15, -0.1) is 0 Å². The van der Waals surface area contributed by atoms with Gasteiger partial charge in [0.1, 0.15) is 29.9 Å². The van der Waals surface area contributed by atoms with Crippen LogP contribution in [0.1, 0.15) is 43.2 Å². The average Bonchev–Trinajstić information content (AvgIpc) is 3.39. The topological polar surface area (TPSA) is 167 Å². The molecule has 1 amide bonds. The van der Waals surface area contributed by atoms with Crippen molar-refractivity contribution in [1.82, 2.24) is 16.0 Å². The molecular formula is C26H32ClN3O8S. The Bertz CT molecular complexity index is 1290. The van der Waals surface area contributed by atoms with Crippen LogP contribution in [0.4, 0.5) is 0 Å². The molecule has 2 atom stereocenters. The summed E-state index contributed by atoms with van der Waals surface area (Å²) in [5.41, 5.74) is 2.30. The molecule has 1 aromatic heterocycles. The molecule has 13 heteroatoms. The van der Waals surface area contributed by atoms with Crippen molar-refractivity contribution in [1.29, 1.82) is 0 Å². The number of hydrogen-bond acceptors (Lipinski definition) is 9. The first-order valence-corrected chi connectivity index (χ1v) is 14.2. The number of nitrogens with zero attached hydrogens (tertiary/aromatic N) is 2. The highest BCUT2D eigenvalue weighted by Gasteiger charge is 2.38. The van der Waals surface area contributed by atoms with Crippen molar-refractivity contribution in [2.24, 2.45) is 0 Å². The van der Waals surface area contributed by atoms with Crippen LogP contribution in [0.15, 0.2) is 53.9 Å². The molecule has 1 fully saturated rings. The molecule has 0 spiro atoms. The highest BCUT2D eigenvalue weighted by Crippen LogP contribution is 2.37. The van der Waals surface area contributed by atoms with Crippen molar-refractivity contribution in [2.75, 3.05) is 25.5 Å². The molecule has 1 saturated heterocycles. The van der Waals surface area contributed by atoms with Crippen molar-refractivity contribution in [3.8, 4) is 5.75 Å². The number of halogens is 1. The van der Waals surface area contributed by atoms with Gasteiger partial charge in [-0.25, -0.2) is 9.78 Å². The standard InChI is InChI=1S/C26H29ClN2O8S.H3N/c1-17-25(26(31)37-16-18-4-7-20(8-5-18)36-11-12-38(32,33)34)22(19-6-9-23(27)28-14-19)13-24(30)29(17)15-21-3-2-10-35-21;/h4-9,14,21-22H,2-3,10-13,15-16H2,1H3,(H,32,33,34);1H3/t21-,22+;/m0./s1. The maximum Gasteiger partial charge on any atom is 0.336 e. The summed E-state index contributed by atoms with van der Waals surface area (Å²) in [5.74, 6) is -1.27. The second kappa shape index (κ2) is 13.4. The summed E-state index contributed by atoms with van der Waals surface area (Å²) >= 11 is 5.95. The van der Waals surface area contributed by atoms with E-state index < -0.39 is 27.8 Å². The number of amides is 1. The van der Waals surface area contributed by atoms with Gasteiger partial charge in [0.05, 0.1) is 18.2 Å². The van der Waals surface area contributed by atoms with Crippen molar-refractivity contribution in [2.45, 2.75) is 44.8 Å². The van der Waals surface area contributed by atoms with Gasteiger partial charge in [0, 0.05) is 30.8 Å². The quantitative estimate of drug-likeness (QED) is 0.240. The molecule has 0 radical (unpaired) electrons. The lowest BCUT2D eigenvalue weighted by Crippen LogP contribution is -2.42. The van der Waals surface area contributed by atoms with E-state index in [2.05, 4.69) is 4.98 Å². The van der Waals surface area contributed by atoms with Crippen LogP contribution in [-0.2, 0) is 35.8 Å². The monoisotopic (exact) mass is 581 g/mol. The van der Waals surface area contributed by atoms with E-state index in [1.807, 2.05) is 0 Å². The van der Waals surface area contributed by atoms with Crippen LogP contribution in [0, 0.1) is 0 Å². The zero-order valence-electron chi connectivity index (χ0n) is 21.5. The lowest BCUT2D eigenvalue weighted by atomic mass is 9.84. The van der Waals surface area contributed by atoms with Gasteiger partial charge in [-0.2, -0.15) is 8.42 Å². The number of ether oxygens (including phenoxy) is 3. The third-order valence-electron chi connectivity index (χ3n) is 6.51. The van der Waals surface area contributed by atoms with Gasteiger partial charge < -0.3 is 25.3 Å². The van der Waals surface area contributed by atoms with Gasteiger partial charge in [0.15, 0.2) is 0 Å². The molecule has 3 heterocycles. The van der Waals surface area contributed by atoms with Gasteiger partial charge >= 0.3 is 5.97 Å². The molecule has 2 aliphatic rings. The number of esters is 1. The molecule has 11 nitrogen and oxygen atoms in total. The number of allylic oxidation sites excluding steroid dienone is 1. The first-order valence-electron chi connectivity index (χ1n) is 12.2. The van der Waals surface area contributed by atoms with Gasteiger partial charge in [-0.1, -0.05) is 29.8 Å². The zero-order chi connectivity index (χ0) is 27.3. The maximum absolute atomic E-state index is 13.4. The Morgan fingerprint density at radius 3 is 2.59 bits per heavy atom. The van der Waals surface area contributed by atoms with Crippen molar-refractivity contribution < 1.29 is 36.8 Å². The molecule has 0 aliphatic carbocycles. The van der Waals surface area contributed by atoms with Crippen LogP contribution < -0.4 is 10.9 Å². The molecule has 4 rings (SSSR count). The van der Waals surface area contributed by atoms with E-state index in [4.69, 9.17) is 30.4 Å². The smallest absolute Gasteiger partial charge is 0.336 e. The molecule has 2 aromatic rings. The predicted octanol–water partition coefficient (Wildman–Crippen LogP) is 3.68. The minimum atomic E-state index is -4.11. The highest BCUT2D eigenvalue weighted by molar-refractivity contribution is 7.85. The average molecular weight is 582 g/mol. The van der Waals surface area contributed by atoms with Gasteiger partial charge in [-0.3, -0.25) is 9.35 Å². The van der Waals surface area contributed by atoms with Gasteiger partial charge in [-0.05, 0) is 49.1 Å². The molecule has 39 heavy (non-hydrogen) atoms. The Morgan fingerprint density at radius 2 is 1.97 bits per heavy atom. The van der Waals surface area contributed by atoms with E-state index in [1.54, 1.807) is 54.4 Å². The molecule has 212 valence electrons. The number of aromatic nitrogens is 1. The molecule has 1 aromatic carbocycles. The van der Waals surface area contributed by atoms with E-state index in [9.17, 15) is 18.0 Å². The first-order chi connectivity index (χ1) is 18.1. The largest absolute Gasteiger partial charge is 0.492 e. The van der Waals surface area contributed by atoms with E-state index in [0.717, 1.165) is 12.8 Å². The predicted molar refractivity (Wildman–Crippen MR) is 143 cm³/mol. The number of benzene rings is 1. The number of pyridine rings is 1. The highest BCUT2D eigenvalue weighted by atomic mass is 35.5. The second-order valence-electron chi connectivity index (χ2n) is 9.16. The van der Waals surface area contributed by atoms with Crippen molar-refractivity contribution in [3.05, 3.63) is 70.1 Å². The summed E-state index contributed by atoms with van der Waals surface area (Å²) in [5, 5.41) is 0.311. The van der Waals surface area contributed by atoms with E-state index >= 15 is 0 Å². The minimum Gasteiger partial charge on any atom is -0.492 e. The third-order valence-corrected chi connectivity index (χ3v) is 7.42. The molecule has 0 unspecified atom stereocenters. The summed E-state index contributed by atoms with van der Waals surface area (Å²) in [6.45, 7) is 2.58.